The Kier molecular flexibility index (Phi) is 4.48. The molecule has 1 aliphatic carbocycles. The molecule has 2 N–H and O–H groups in total. The van der Waals surface area contributed by atoms with Crippen LogP contribution in [0.3, 0.4) is 0 Å². The zero-order chi connectivity index (χ0) is 11.2. The van der Waals surface area contributed by atoms with E-state index in [4.69, 9.17) is 12.2 Å². The Morgan fingerprint density at radius 3 is 2.75 bits per heavy atom. The van der Waals surface area contributed by atoms with Gasteiger partial charge in [0, 0.05) is 23.2 Å². The topological polar surface area (TPSA) is 24.1 Å². The highest BCUT2D eigenvalue weighted by Gasteiger charge is 2.21. The fourth-order valence-electron chi connectivity index (χ4n) is 1.31. The lowest BCUT2D eigenvalue weighted by molar-refractivity contribution is 0.853. The minimum absolute atomic E-state index is 0.641. The van der Waals surface area contributed by atoms with Gasteiger partial charge in [-0.3, -0.25) is 0 Å². The quantitative estimate of drug-likeness (QED) is 0.477. The Morgan fingerprint density at radius 1 is 1.31 bits per heavy atom. The Labute approximate surface area is 106 Å². The molecule has 1 aromatic carbocycles. The third-order valence-corrected chi connectivity index (χ3v) is 3.59. The van der Waals surface area contributed by atoms with E-state index < -0.39 is 0 Å². The van der Waals surface area contributed by atoms with E-state index in [0.717, 1.165) is 17.4 Å². The molecular weight excluding hydrogens is 236 g/mol. The summed E-state index contributed by atoms with van der Waals surface area (Å²) in [6.07, 6.45) is 2.53. The molecule has 0 atom stereocenters. The average molecular weight is 252 g/mol. The minimum Gasteiger partial charge on any atom is -0.362 e. The molecule has 0 spiro atoms. The highest BCUT2D eigenvalue weighted by atomic mass is 32.2. The molecule has 0 heterocycles. The SMILES string of the molecule is S=C(NCCSc1ccccc1)NC1CC1. The first-order valence-corrected chi connectivity index (χ1v) is 6.96. The van der Waals surface area contributed by atoms with Crippen LogP contribution in [0, 0.1) is 0 Å². The normalized spacial score (nSPS) is 14.5. The molecule has 0 aliphatic heterocycles. The van der Waals surface area contributed by atoms with E-state index in [1.165, 1.54) is 17.7 Å². The largest absolute Gasteiger partial charge is 0.362 e. The minimum atomic E-state index is 0.641. The van der Waals surface area contributed by atoms with Crippen LogP contribution in [0.1, 0.15) is 12.8 Å². The van der Waals surface area contributed by atoms with E-state index in [9.17, 15) is 0 Å². The van der Waals surface area contributed by atoms with E-state index in [0.29, 0.717) is 6.04 Å². The van der Waals surface area contributed by atoms with Gasteiger partial charge in [0.15, 0.2) is 5.11 Å². The zero-order valence-corrected chi connectivity index (χ0v) is 10.7. The summed E-state index contributed by atoms with van der Waals surface area (Å²) < 4.78 is 0. The molecule has 1 aromatic rings. The average Bonchev–Trinajstić information content (AvgIpc) is 3.10. The summed E-state index contributed by atoms with van der Waals surface area (Å²) in [5.74, 6) is 1.04. The van der Waals surface area contributed by atoms with Crippen molar-refractivity contribution in [2.75, 3.05) is 12.3 Å². The molecule has 0 aromatic heterocycles. The molecule has 0 radical (unpaired) electrons. The second-order valence-electron chi connectivity index (χ2n) is 3.84. The van der Waals surface area contributed by atoms with E-state index in [-0.39, 0.29) is 0 Å². The van der Waals surface area contributed by atoms with Crippen molar-refractivity contribution in [1.82, 2.24) is 10.6 Å². The van der Waals surface area contributed by atoms with Gasteiger partial charge < -0.3 is 10.6 Å². The highest BCUT2D eigenvalue weighted by molar-refractivity contribution is 7.99. The van der Waals surface area contributed by atoms with Crippen LogP contribution in [0.4, 0.5) is 0 Å². The summed E-state index contributed by atoms with van der Waals surface area (Å²) in [7, 11) is 0. The molecule has 0 bridgehead atoms. The number of nitrogens with one attached hydrogen (secondary N) is 2. The van der Waals surface area contributed by atoms with Gasteiger partial charge in [0.1, 0.15) is 0 Å². The first kappa shape index (κ1) is 11.7. The van der Waals surface area contributed by atoms with Gasteiger partial charge >= 0.3 is 0 Å². The molecule has 4 heteroatoms. The molecule has 1 saturated carbocycles. The lowest BCUT2D eigenvalue weighted by atomic mass is 10.4. The van der Waals surface area contributed by atoms with Crippen molar-refractivity contribution in [3.63, 3.8) is 0 Å². The van der Waals surface area contributed by atoms with Crippen molar-refractivity contribution in [3.05, 3.63) is 30.3 Å². The van der Waals surface area contributed by atoms with Crippen LogP contribution in [0.25, 0.3) is 0 Å². The van der Waals surface area contributed by atoms with Gasteiger partial charge in [-0.2, -0.15) is 0 Å². The van der Waals surface area contributed by atoms with Crippen LogP contribution in [0.15, 0.2) is 35.2 Å². The summed E-state index contributed by atoms with van der Waals surface area (Å²) in [6.45, 7) is 0.915. The fraction of sp³-hybridized carbons (Fsp3) is 0.417. The van der Waals surface area contributed by atoms with Crippen LogP contribution < -0.4 is 10.6 Å². The maximum Gasteiger partial charge on any atom is 0.166 e. The van der Waals surface area contributed by atoms with Gasteiger partial charge in [-0.1, -0.05) is 18.2 Å². The van der Waals surface area contributed by atoms with E-state index in [1.54, 1.807) is 0 Å². The predicted molar refractivity (Wildman–Crippen MR) is 73.9 cm³/mol. The van der Waals surface area contributed by atoms with Crippen LogP contribution in [0.2, 0.25) is 0 Å². The van der Waals surface area contributed by atoms with Crippen molar-refractivity contribution in [3.8, 4) is 0 Å². The van der Waals surface area contributed by atoms with Gasteiger partial charge in [-0.05, 0) is 37.2 Å². The van der Waals surface area contributed by atoms with Crippen molar-refractivity contribution in [1.29, 1.82) is 0 Å². The number of hydrogen-bond donors (Lipinski definition) is 2. The monoisotopic (exact) mass is 252 g/mol. The van der Waals surface area contributed by atoms with E-state index in [2.05, 4.69) is 34.9 Å². The molecule has 0 amide bonds. The molecule has 2 rings (SSSR count). The predicted octanol–water partition coefficient (Wildman–Crippen LogP) is 2.41. The van der Waals surface area contributed by atoms with Crippen LogP contribution in [0.5, 0.6) is 0 Å². The molecule has 86 valence electrons. The number of benzene rings is 1. The summed E-state index contributed by atoms with van der Waals surface area (Å²) >= 11 is 7.02. The highest BCUT2D eigenvalue weighted by Crippen LogP contribution is 2.18. The second kappa shape index (κ2) is 6.11. The second-order valence-corrected chi connectivity index (χ2v) is 5.41. The first-order valence-electron chi connectivity index (χ1n) is 5.57. The Hall–Kier alpha value is -0.740. The van der Waals surface area contributed by atoms with Crippen molar-refractivity contribution in [2.45, 2.75) is 23.8 Å². The standard InChI is InChI=1S/C12H16N2S2/c15-12(14-10-6-7-10)13-8-9-16-11-4-2-1-3-5-11/h1-5,10H,6-9H2,(H2,13,14,15). The van der Waals surface area contributed by atoms with Crippen LogP contribution in [-0.2, 0) is 0 Å². The van der Waals surface area contributed by atoms with Gasteiger partial charge in [0.05, 0.1) is 0 Å². The number of thiocarbonyl (C=S) groups is 1. The summed E-state index contributed by atoms with van der Waals surface area (Å²) in [5.41, 5.74) is 0. The number of rotatable bonds is 5. The molecule has 0 saturated heterocycles. The zero-order valence-electron chi connectivity index (χ0n) is 9.11. The molecule has 1 fully saturated rings. The van der Waals surface area contributed by atoms with E-state index in [1.807, 2.05) is 17.8 Å². The summed E-state index contributed by atoms with van der Waals surface area (Å²) in [4.78, 5) is 1.31. The van der Waals surface area contributed by atoms with Crippen LogP contribution >= 0.6 is 24.0 Å². The molecule has 2 nitrogen and oxygen atoms in total. The van der Waals surface area contributed by atoms with Crippen molar-refractivity contribution < 1.29 is 0 Å². The molecular formula is C12H16N2S2. The van der Waals surface area contributed by atoms with Gasteiger partial charge in [-0.15, -0.1) is 11.8 Å². The van der Waals surface area contributed by atoms with Crippen LogP contribution in [-0.4, -0.2) is 23.5 Å². The van der Waals surface area contributed by atoms with Gasteiger partial charge in [0.25, 0.3) is 0 Å². The maximum atomic E-state index is 5.17. The number of thioether (sulfide) groups is 1. The summed E-state index contributed by atoms with van der Waals surface area (Å²) in [6, 6.07) is 11.1. The summed E-state index contributed by atoms with van der Waals surface area (Å²) in [5, 5.41) is 7.29. The lowest BCUT2D eigenvalue weighted by Gasteiger charge is -2.08. The van der Waals surface area contributed by atoms with Crippen molar-refractivity contribution >= 4 is 29.1 Å². The van der Waals surface area contributed by atoms with Gasteiger partial charge in [0.2, 0.25) is 0 Å². The smallest absolute Gasteiger partial charge is 0.166 e. The fourth-order valence-corrected chi connectivity index (χ4v) is 2.37. The maximum absolute atomic E-state index is 5.17. The van der Waals surface area contributed by atoms with Gasteiger partial charge in [-0.25, -0.2) is 0 Å². The Balaban J connectivity index is 1.56. The number of hydrogen-bond acceptors (Lipinski definition) is 2. The first-order chi connectivity index (χ1) is 7.84. The van der Waals surface area contributed by atoms with Crippen molar-refractivity contribution in [2.24, 2.45) is 0 Å². The molecule has 16 heavy (non-hydrogen) atoms. The van der Waals surface area contributed by atoms with E-state index >= 15 is 0 Å². The Bertz CT molecular complexity index is 336. The Morgan fingerprint density at radius 2 is 2.06 bits per heavy atom. The molecule has 0 unspecified atom stereocenters. The third kappa shape index (κ3) is 4.41. The molecule has 1 aliphatic rings. The lowest BCUT2D eigenvalue weighted by Crippen LogP contribution is -2.37. The third-order valence-electron chi connectivity index (χ3n) is 2.31.